The molecule has 1 aromatic heterocycles. The summed E-state index contributed by atoms with van der Waals surface area (Å²) in [7, 11) is 0. The highest BCUT2D eigenvalue weighted by Gasteiger charge is 2.33. The van der Waals surface area contributed by atoms with Crippen LogP contribution in [0.25, 0.3) is 0 Å². The second-order valence-corrected chi connectivity index (χ2v) is 7.79. The van der Waals surface area contributed by atoms with Crippen LogP contribution >= 0.6 is 0 Å². The Bertz CT molecular complexity index is 685. The summed E-state index contributed by atoms with van der Waals surface area (Å²) in [5.41, 5.74) is 4.48. The largest absolute Gasteiger partial charge is 0.401 e. The minimum absolute atomic E-state index is 0.0264. The van der Waals surface area contributed by atoms with Gasteiger partial charge in [0.25, 0.3) is 5.91 Å². The number of nitrogens with one attached hydrogen (secondary N) is 2. The average Bonchev–Trinajstić information content (AvgIpc) is 2.50. The number of amides is 1. The van der Waals surface area contributed by atoms with Crippen LogP contribution in [0.2, 0.25) is 0 Å². The van der Waals surface area contributed by atoms with E-state index in [1.165, 1.54) is 20.0 Å². The number of halogens is 4. The van der Waals surface area contributed by atoms with Gasteiger partial charge in [-0.3, -0.25) is 9.78 Å². The lowest BCUT2D eigenvalue weighted by atomic mass is 9.80. The van der Waals surface area contributed by atoms with Crippen LogP contribution in [0, 0.1) is 5.92 Å². The number of anilines is 1. The lowest BCUT2D eigenvalue weighted by Gasteiger charge is -2.37. The standard InChI is InChI=1S/C18H26F4N4O2/c1-17(2,28)14(19)7-13-15(16(23)27)12(3-4-25-13)26-11-5-10(6-11)8-24-9-18(20,21)22/h3-4,10-11,14,24,28H,5-9H2,1-2H3,(H2,23,27)(H,25,26)/t10?,11?,14-/m1/s1. The molecule has 1 atom stereocenters. The van der Waals surface area contributed by atoms with E-state index in [1.54, 1.807) is 6.07 Å². The predicted octanol–water partition coefficient (Wildman–Crippen LogP) is 2.17. The number of aliphatic hydroxyl groups is 1. The first-order chi connectivity index (χ1) is 12.9. The molecule has 5 N–H and O–H groups in total. The van der Waals surface area contributed by atoms with Gasteiger partial charge in [-0.2, -0.15) is 13.2 Å². The number of carbonyl (C=O) groups excluding carboxylic acids is 1. The third-order valence-electron chi connectivity index (χ3n) is 4.77. The molecule has 0 saturated heterocycles. The van der Waals surface area contributed by atoms with Crippen LogP contribution in [-0.4, -0.2) is 53.1 Å². The van der Waals surface area contributed by atoms with Crippen molar-refractivity contribution in [2.45, 2.75) is 57.1 Å². The summed E-state index contributed by atoms with van der Waals surface area (Å²) < 4.78 is 50.7. The molecule has 1 amide bonds. The summed E-state index contributed by atoms with van der Waals surface area (Å²) in [6.45, 7) is 1.89. The topological polar surface area (TPSA) is 100 Å². The molecule has 158 valence electrons. The molecule has 0 radical (unpaired) electrons. The maximum Gasteiger partial charge on any atom is 0.401 e. The molecule has 2 rings (SSSR count). The average molecular weight is 406 g/mol. The van der Waals surface area contributed by atoms with Crippen LogP contribution in [-0.2, 0) is 6.42 Å². The molecule has 1 aliphatic rings. The molecule has 10 heteroatoms. The van der Waals surface area contributed by atoms with Crippen molar-refractivity contribution in [3.8, 4) is 0 Å². The Morgan fingerprint density at radius 1 is 1.39 bits per heavy atom. The maximum absolute atomic E-state index is 14.2. The van der Waals surface area contributed by atoms with Gasteiger partial charge in [-0.05, 0) is 45.2 Å². The van der Waals surface area contributed by atoms with Gasteiger partial charge >= 0.3 is 6.18 Å². The minimum atomic E-state index is -4.23. The first kappa shape index (κ1) is 22.4. The Morgan fingerprint density at radius 3 is 2.57 bits per heavy atom. The second-order valence-electron chi connectivity index (χ2n) is 7.79. The summed E-state index contributed by atoms with van der Waals surface area (Å²) in [6.07, 6.45) is -3.45. The van der Waals surface area contributed by atoms with Crippen LogP contribution in [0.5, 0.6) is 0 Å². The number of hydrogen-bond donors (Lipinski definition) is 4. The number of rotatable bonds is 9. The fraction of sp³-hybridized carbons (Fsp3) is 0.667. The fourth-order valence-electron chi connectivity index (χ4n) is 3.13. The Morgan fingerprint density at radius 2 is 2.04 bits per heavy atom. The number of pyridine rings is 1. The molecule has 0 aromatic carbocycles. The van der Waals surface area contributed by atoms with Crippen molar-refractivity contribution in [3.63, 3.8) is 0 Å². The number of aromatic nitrogens is 1. The van der Waals surface area contributed by atoms with E-state index in [2.05, 4.69) is 15.6 Å². The molecule has 1 heterocycles. The monoisotopic (exact) mass is 406 g/mol. The van der Waals surface area contributed by atoms with Gasteiger partial charge in [0.1, 0.15) is 6.17 Å². The molecule has 1 aromatic rings. The first-order valence-electron chi connectivity index (χ1n) is 9.05. The summed E-state index contributed by atoms with van der Waals surface area (Å²) >= 11 is 0. The van der Waals surface area contributed by atoms with Crippen LogP contribution in [0.4, 0.5) is 23.2 Å². The number of nitrogens with two attached hydrogens (primary N) is 1. The summed E-state index contributed by atoms with van der Waals surface area (Å²) in [5, 5.41) is 15.3. The maximum atomic E-state index is 14.2. The number of carbonyl (C=O) groups is 1. The molecule has 0 bridgehead atoms. The zero-order valence-electron chi connectivity index (χ0n) is 15.8. The van der Waals surface area contributed by atoms with Gasteiger partial charge < -0.3 is 21.5 Å². The molecule has 1 saturated carbocycles. The predicted molar refractivity (Wildman–Crippen MR) is 96.7 cm³/mol. The molecular formula is C18H26F4N4O2. The number of alkyl halides is 4. The quantitative estimate of drug-likeness (QED) is 0.471. The van der Waals surface area contributed by atoms with Gasteiger partial charge in [-0.25, -0.2) is 4.39 Å². The van der Waals surface area contributed by atoms with Gasteiger partial charge in [-0.15, -0.1) is 0 Å². The van der Waals surface area contributed by atoms with E-state index in [0.29, 0.717) is 18.5 Å². The van der Waals surface area contributed by atoms with Crippen molar-refractivity contribution < 1.29 is 27.5 Å². The Labute approximate surface area is 160 Å². The van der Waals surface area contributed by atoms with E-state index in [0.717, 1.165) is 0 Å². The zero-order valence-corrected chi connectivity index (χ0v) is 15.8. The highest BCUT2D eigenvalue weighted by molar-refractivity contribution is 5.99. The molecule has 6 nitrogen and oxygen atoms in total. The molecule has 1 fully saturated rings. The Hall–Kier alpha value is -1.94. The van der Waals surface area contributed by atoms with Crippen LogP contribution in [0.1, 0.15) is 42.7 Å². The van der Waals surface area contributed by atoms with Crippen molar-refractivity contribution >= 4 is 11.6 Å². The third kappa shape index (κ3) is 6.30. The fourth-order valence-corrected chi connectivity index (χ4v) is 3.13. The van der Waals surface area contributed by atoms with Gasteiger partial charge in [0.2, 0.25) is 0 Å². The normalized spacial score (nSPS) is 21.1. The summed E-state index contributed by atoms with van der Waals surface area (Å²) in [6, 6.07) is 1.53. The van der Waals surface area contributed by atoms with Gasteiger partial charge in [0.05, 0.1) is 29.1 Å². The third-order valence-corrected chi connectivity index (χ3v) is 4.77. The molecule has 1 aliphatic carbocycles. The molecule has 0 aliphatic heterocycles. The molecule has 0 unspecified atom stereocenters. The minimum Gasteiger partial charge on any atom is -0.387 e. The van der Waals surface area contributed by atoms with E-state index in [-0.39, 0.29) is 36.2 Å². The van der Waals surface area contributed by atoms with Crippen molar-refractivity contribution in [1.29, 1.82) is 0 Å². The van der Waals surface area contributed by atoms with E-state index in [9.17, 15) is 27.5 Å². The van der Waals surface area contributed by atoms with E-state index in [1.807, 2.05) is 0 Å². The van der Waals surface area contributed by atoms with E-state index in [4.69, 9.17) is 5.73 Å². The van der Waals surface area contributed by atoms with E-state index >= 15 is 0 Å². The lowest BCUT2D eigenvalue weighted by Crippen LogP contribution is -2.43. The number of nitrogens with zero attached hydrogens (tertiary/aromatic N) is 1. The SMILES string of the molecule is CC(C)(O)[C@H](F)Cc1nccc(NC2CC(CNCC(F)(F)F)C2)c1C(N)=O. The molecule has 28 heavy (non-hydrogen) atoms. The second kappa shape index (κ2) is 8.60. The van der Waals surface area contributed by atoms with Crippen molar-refractivity contribution in [1.82, 2.24) is 10.3 Å². The highest BCUT2D eigenvalue weighted by atomic mass is 19.4. The van der Waals surface area contributed by atoms with Crippen molar-refractivity contribution in [2.75, 3.05) is 18.4 Å². The van der Waals surface area contributed by atoms with E-state index < -0.39 is 30.4 Å². The smallest absolute Gasteiger partial charge is 0.387 e. The lowest BCUT2D eigenvalue weighted by molar-refractivity contribution is -0.125. The van der Waals surface area contributed by atoms with Gasteiger partial charge in [-0.1, -0.05) is 0 Å². The highest BCUT2D eigenvalue weighted by Crippen LogP contribution is 2.32. The van der Waals surface area contributed by atoms with Crippen LogP contribution in [0.3, 0.4) is 0 Å². The van der Waals surface area contributed by atoms with Gasteiger partial charge in [0.15, 0.2) is 0 Å². The number of hydrogen-bond acceptors (Lipinski definition) is 5. The van der Waals surface area contributed by atoms with Crippen LogP contribution < -0.4 is 16.4 Å². The first-order valence-corrected chi connectivity index (χ1v) is 9.05. The number of primary amides is 1. The zero-order chi connectivity index (χ0) is 21.1. The molecule has 0 spiro atoms. The van der Waals surface area contributed by atoms with Crippen molar-refractivity contribution in [3.05, 3.63) is 23.5 Å². The molecular weight excluding hydrogens is 380 g/mol. The van der Waals surface area contributed by atoms with Crippen LogP contribution in [0.15, 0.2) is 12.3 Å². The Kier molecular flexibility index (Phi) is 6.87. The Balaban J connectivity index is 1.97. The van der Waals surface area contributed by atoms with Gasteiger partial charge in [0, 0.05) is 18.7 Å². The summed E-state index contributed by atoms with van der Waals surface area (Å²) in [5.74, 6) is -0.667. The summed E-state index contributed by atoms with van der Waals surface area (Å²) in [4.78, 5) is 15.9. The van der Waals surface area contributed by atoms with Crippen molar-refractivity contribution in [2.24, 2.45) is 11.7 Å².